The minimum absolute atomic E-state index is 0.0345. The Kier molecular flexibility index (Phi) is 9.94. The lowest BCUT2D eigenvalue weighted by Crippen LogP contribution is -2.49. The van der Waals surface area contributed by atoms with Crippen LogP contribution in [-0.4, -0.2) is 71.6 Å². The number of hydrogen-bond acceptors (Lipinski definition) is 8. The van der Waals surface area contributed by atoms with Crippen LogP contribution >= 0.6 is 11.6 Å². The monoisotopic (exact) mass is 735 g/mol. The molecule has 13 heteroatoms. The van der Waals surface area contributed by atoms with Crippen LogP contribution in [0.15, 0.2) is 59.1 Å². The van der Waals surface area contributed by atoms with Gasteiger partial charge in [-0.1, -0.05) is 36.7 Å². The fourth-order valence-electron chi connectivity index (χ4n) is 8.34. The third kappa shape index (κ3) is 7.15. The lowest BCUT2D eigenvalue weighted by molar-refractivity contribution is 0.0131. The van der Waals surface area contributed by atoms with E-state index in [1.165, 1.54) is 29.1 Å². The molecule has 6 atom stereocenters. The second kappa shape index (κ2) is 14.3. The summed E-state index contributed by atoms with van der Waals surface area (Å²) in [5.74, 6) is -0.0885. The quantitative estimate of drug-likeness (QED) is 0.317. The summed E-state index contributed by atoms with van der Waals surface area (Å²) in [5.41, 5.74) is 3.43. The Labute approximate surface area is 305 Å². The zero-order chi connectivity index (χ0) is 35.9. The average Bonchev–Trinajstić information content (AvgIpc) is 3.40. The number of amides is 2. The second-order valence-corrected chi connectivity index (χ2v) is 17.1. The van der Waals surface area contributed by atoms with Crippen molar-refractivity contribution in [3.8, 4) is 11.6 Å². The third-order valence-electron chi connectivity index (χ3n) is 11.0. The average molecular weight is 736 g/mol. The predicted molar refractivity (Wildman–Crippen MR) is 197 cm³/mol. The van der Waals surface area contributed by atoms with Crippen LogP contribution in [0.1, 0.15) is 70.9 Å². The van der Waals surface area contributed by atoms with Crippen LogP contribution in [0.5, 0.6) is 11.6 Å². The lowest BCUT2D eigenvalue weighted by atomic mass is 9.68. The number of aromatic nitrogens is 2. The number of fused-ring (bicyclic) bond motifs is 4. The number of nitrogens with zero attached hydrogens (tertiary/aromatic N) is 4. The van der Waals surface area contributed by atoms with Crippen molar-refractivity contribution in [3.63, 3.8) is 0 Å². The first-order chi connectivity index (χ1) is 24.5. The molecule has 2 aliphatic heterocycles. The molecule has 1 fully saturated rings. The van der Waals surface area contributed by atoms with Gasteiger partial charge in [-0.15, -0.1) is 9.46 Å². The summed E-state index contributed by atoms with van der Waals surface area (Å²) in [4.78, 5) is 29.9. The zero-order valence-corrected chi connectivity index (χ0v) is 31.2. The van der Waals surface area contributed by atoms with Gasteiger partial charge in [-0.05, 0) is 97.7 Å². The van der Waals surface area contributed by atoms with E-state index in [-0.39, 0.29) is 40.2 Å². The van der Waals surface area contributed by atoms with Gasteiger partial charge in [0.05, 0.1) is 31.3 Å². The molecule has 1 saturated carbocycles. The van der Waals surface area contributed by atoms with Crippen LogP contribution < -0.4 is 19.1 Å². The van der Waals surface area contributed by atoms with Crippen LogP contribution in [0.3, 0.4) is 0 Å². The maximum atomic E-state index is 14.6. The molecular formula is C38H46ClN5O6S. The van der Waals surface area contributed by atoms with E-state index in [2.05, 4.69) is 43.4 Å². The topological polar surface area (TPSA) is 124 Å². The molecule has 3 heterocycles. The zero-order valence-electron chi connectivity index (χ0n) is 29.6. The molecule has 3 aromatic rings. The Balaban J connectivity index is 1.31. The first-order valence-corrected chi connectivity index (χ1v) is 19.7. The standard InChI is InChI=1S/C38H46ClN5O6S/c1-24-7-5-9-33(48-3)29-13-10-27(29)19-44-22-38(16-6-8-25-17-28(39)12-14-31(25)38)23-50-34-15-11-26(18-32(34)44)35(45)41-51(47,21-24)42-36(46)30-20-43(2)40-37(30)49-4/h5,9,11-12,14-15,17-18,20,24,27,29,33H,6-8,10,13,16,19,21-23H2,1-4H3,(H,41,42,45,46,47)/b9-5+/t24-,27-,29+,33-,38-,51+/m0/s1. The fourth-order valence-corrected chi connectivity index (χ4v) is 10.4. The third-order valence-corrected chi connectivity index (χ3v) is 13.2. The summed E-state index contributed by atoms with van der Waals surface area (Å²) in [6.07, 6.45) is 11.2. The van der Waals surface area contributed by atoms with Crippen LogP contribution in [0.4, 0.5) is 5.69 Å². The van der Waals surface area contributed by atoms with E-state index < -0.39 is 21.7 Å². The largest absolute Gasteiger partial charge is 0.490 e. The summed E-state index contributed by atoms with van der Waals surface area (Å²) in [5, 5.41) is 4.88. The molecule has 2 aliphatic carbocycles. The number of allylic oxidation sites excluding steroid dienone is 1. The number of halogens is 1. The Morgan fingerprint density at radius 1 is 1.18 bits per heavy atom. The minimum atomic E-state index is -3.59. The number of hydrogen-bond donors (Lipinski definition) is 1. The van der Waals surface area contributed by atoms with E-state index in [9.17, 15) is 13.8 Å². The molecule has 51 heavy (non-hydrogen) atoms. The van der Waals surface area contributed by atoms with E-state index in [1.807, 2.05) is 25.1 Å². The van der Waals surface area contributed by atoms with Crippen molar-refractivity contribution in [2.24, 2.45) is 29.2 Å². The Bertz CT molecular complexity index is 1990. The SMILES string of the molecule is COc1nn(C)cc1C(=O)N[S@]1(=O)=NC(=O)c2ccc3c(c2)N(C[C@@H]2CC[C@H]2[C@@H](OC)/C=C/C[C@H](C)C1)C[C@@]1(CCCc2cc(Cl)ccc21)CO3. The summed E-state index contributed by atoms with van der Waals surface area (Å²) in [6.45, 7) is 3.90. The van der Waals surface area contributed by atoms with Crippen molar-refractivity contribution in [2.75, 3.05) is 44.6 Å². The van der Waals surface area contributed by atoms with Crippen LogP contribution in [0.2, 0.25) is 5.02 Å². The van der Waals surface area contributed by atoms with E-state index in [1.54, 1.807) is 20.2 Å². The van der Waals surface area contributed by atoms with Gasteiger partial charge in [0, 0.05) is 49.4 Å². The first kappa shape index (κ1) is 35.5. The molecule has 0 radical (unpaired) electrons. The fraction of sp³-hybridized carbons (Fsp3) is 0.500. The van der Waals surface area contributed by atoms with Crippen molar-refractivity contribution < 1.29 is 28.0 Å². The number of ether oxygens (including phenoxy) is 3. The number of carbonyl (C=O) groups excluding carboxylic acids is 2. The second-order valence-electron chi connectivity index (χ2n) is 14.6. The minimum Gasteiger partial charge on any atom is -0.490 e. The number of anilines is 1. The summed E-state index contributed by atoms with van der Waals surface area (Å²) in [7, 11) is 1.22. The number of nitrogens with one attached hydrogen (secondary N) is 1. The number of methoxy groups -OCH3 is 2. The molecule has 1 spiro atoms. The Hall–Kier alpha value is -3.87. The summed E-state index contributed by atoms with van der Waals surface area (Å²) in [6, 6.07) is 11.5. The number of benzene rings is 2. The molecule has 11 nitrogen and oxygen atoms in total. The van der Waals surface area contributed by atoms with Crippen molar-refractivity contribution in [3.05, 3.63) is 82.0 Å². The predicted octanol–water partition coefficient (Wildman–Crippen LogP) is 6.15. The smallest absolute Gasteiger partial charge is 0.286 e. The Morgan fingerprint density at radius 3 is 2.78 bits per heavy atom. The molecule has 2 bridgehead atoms. The molecule has 2 amide bonds. The van der Waals surface area contributed by atoms with Gasteiger partial charge in [0.2, 0.25) is 5.88 Å². The lowest BCUT2D eigenvalue weighted by Gasteiger charge is -2.46. The van der Waals surface area contributed by atoms with Crippen molar-refractivity contribution in [1.29, 1.82) is 0 Å². The van der Waals surface area contributed by atoms with Gasteiger partial charge in [0.15, 0.2) is 0 Å². The van der Waals surface area contributed by atoms with Crippen molar-refractivity contribution >= 4 is 39.0 Å². The molecule has 272 valence electrons. The molecule has 7 rings (SSSR count). The molecular weight excluding hydrogens is 690 g/mol. The molecule has 1 aromatic heterocycles. The number of aryl methyl sites for hydroxylation is 2. The van der Waals surface area contributed by atoms with Gasteiger partial charge in [-0.3, -0.25) is 19.0 Å². The number of carbonyl (C=O) groups is 2. The van der Waals surface area contributed by atoms with E-state index >= 15 is 0 Å². The normalized spacial score (nSPS) is 29.7. The molecule has 0 unspecified atom stereocenters. The van der Waals surface area contributed by atoms with Crippen LogP contribution in [-0.2, 0) is 33.5 Å². The van der Waals surface area contributed by atoms with Crippen LogP contribution in [0.25, 0.3) is 0 Å². The first-order valence-electron chi connectivity index (χ1n) is 17.7. The van der Waals surface area contributed by atoms with Gasteiger partial charge in [0.25, 0.3) is 11.8 Å². The van der Waals surface area contributed by atoms with Crippen molar-refractivity contribution in [1.82, 2.24) is 14.5 Å². The van der Waals surface area contributed by atoms with E-state index in [0.29, 0.717) is 37.2 Å². The molecule has 0 saturated heterocycles. The van der Waals surface area contributed by atoms with E-state index in [0.717, 1.165) is 49.4 Å². The van der Waals surface area contributed by atoms with E-state index in [4.69, 9.17) is 25.8 Å². The summed E-state index contributed by atoms with van der Waals surface area (Å²) >= 11 is 6.45. The highest BCUT2D eigenvalue weighted by Crippen LogP contribution is 2.47. The maximum absolute atomic E-state index is 14.6. The maximum Gasteiger partial charge on any atom is 0.286 e. The van der Waals surface area contributed by atoms with Gasteiger partial charge < -0.3 is 19.1 Å². The van der Waals surface area contributed by atoms with Gasteiger partial charge >= 0.3 is 0 Å². The Morgan fingerprint density at radius 2 is 2.02 bits per heavy atom. The highest BCUT2D eigenvalue weighted by atomic mass is 35.5. The molecule has 2 aromatic carbocycles. The van der Waals surface area contributed by atoms with Gasteiger partial charge in [-0.25, -0.2) is 4.21 Å². The van der Waals surface area contributed by atoms with Gasteiger partial charge in [0.1, 0.15) is 21.2 Å². The molecule has 4 aliphatic rings. The molecule has 1 N–H and O–H groups in total. The van der Waals surface area contributed by atoms with Gasteiger partial charge in [-0.2, -0.15) is 0 Å². The summed E-state index contributed by atoms with van der Waals surface area (Å²) < 4.78 is 40.8. The number of rotatable bonds is 4. The van der Waals surface area contributed by atoms with Crippen LogP contribution in [0, 0.1) is 17.8 Å². The highest BCUT2D eigenvalue weighted by Gasteiger charge is 2.44. The highest BCUT2D eigenvalue weighted by molar-refractivity contribution is 7.92. The van der Waals surface area contributed by atoms with Crippen molar-refractivity contribution in [2.45, 2.75) is 57.0 Å².